The molecule has 1 aromatic rings. The Balaban J connectivity index is 2.08. The van der Waals surface area contributed by atoms with Crippen LogP contribution in [0.15, 0.2) is 29.2 Å². The highest BCUT2D eigenvalue weighted by molar-refractivity contribution is 7.89. The van der Waals surface area contributed by atoms with Gasteiger partial charge >= 0.3 is 6.09 Å². The van der Waals surface area contributed by atoms with Gasteiger partial charge in [-0.2, -0.15) is 4.31 Å². The number of carbonyl (C=O) groups is 1. The van der Waals surface area contributed by atoms with Gasteiger partial charge in [0.2, 0.25) is 10.0 Å². The molecule has 0 aromatic heterocycles. The Bertz CT molecular complexity index is 643. The third-order valence-electron chi connectivity index (χ3n) is 4.27. The lowest BCUT2D eigenvalue weighted by atomic mass is 10.1. The Morgan fingerprint density at radius 2 is 1.83 bits per heavy atom. The summed E-state index contributed by atoms with van der Waals surface area (Å²) in [6.45, 7) is 3.69. The first-order chi connectivity index (χ1) is 11.5. The van der Waals surface area contributed by atoms with Crippen molar-refractivity contribution in [2.45, 2.75) is 37.5 Å². The molecule has 7 heteroatoms. The largest absolute Gasteiger partial charge is 0.453 e. The maximum Gasteiger partial charge on any atom is 0.409 e. The van der Waals surface area contributed by atoms with Crippen LogP contribution in [-0.2, 0) is 21.2 Å². The molecule has 0 radical (unpaired) electrons. The van der Waals surface area contributed by atoms with Crippen molar-refractivity contribution in [1.82, 2.24) is 9.21 Å². The van der Waals surface area contributed by atoms with Crippen LogP contribution in [0.3, 0.4) is 0 Å². The van der Waals surface area contributed by atoms with E-state index in [1.165, 1.54) is 11.4 Å². The van der Waals surface area contributed by atoms with Crippen LogP contribution in [0.1, 0.15) is 31.7 Å². The molecule has 1 aromatic carbocycles. The fourth-order valence-corrected chi connectivity index (χ4v) is 4.27. The van der Waals surface area contributed by atoms with E-state index in [9.17, 15) is 13.2 Å². The van der Waals surface area contributed by atoms with Gasteiger partial charge in [0.25, 0.3) is 0 Å². The Morgan fingerprint density at radius 1 is 1.12 bits per heavy atom. The van der Waals surface area contributed by atoms with Gasteiger partial charge in [-0.05, 0) is 37.0 Å². The monoisotopic (exact) mass is 354 g/mol. The van der Waals surface area contributed by atoms with Crippen molar-refractivity contribution in [3.8, 4) is 0 Å². The van der Waals surface area contributed by atoms with Gasteiger partial charge in [0.05, 0.1) is 12.0 Å². The van der Waals surface area contributed by atoms with E-state index in [0.717, 1.165) is 24.8 Å². The third-order valence-corrected chi connectivity index (χ3v) is 6.18. The molecular weight excluding hydrogens is 328 g/mol. The number of methoxy groups -OCH3 is 1. The molecular formula is C17H26N2O4S. The van der Waals surface area contributed by atoms with Crippen LogP contribution in [0.25, 0.3) is 0 Å². The number of carbonyl (C=O) groups excluding carboxylic acids is 1. The minimum atomic E-state index is -3.52. The van der Waals surface area contributed by atoms with E-state index in [0.29, 0.717) is 31.0 Å². The molecule has 0 atom stereocenters. The van der Waals surface area contributed by atoms with Crippen LogP contribution in [0.2, 0.25) is 0 Å². The van der Waals surface area contributed by atoms with E-state index in [2.05, 4.69) is 6.92 Å². The van der Waals surface area contributed by atoms with Gasteiger partial charge in [0, 0.05) is 26.2 Å². The Kier molecular flexibility index (Phi) is 6.62. The number of aryl methyl sites for hydroxylation is 1. The highest BCUT2D eigenvalue weighted by atomic mass is 32.2. The Labute approximate surface area is 144 Å². The summed E-state index contributed by atoms with van der Waals surface area (Å²) in [4.78, 5) is 13.5. The molecule has 1 heterocycles. The minimum absolute atomic E-state index is 0.287. The fourth-order valence-electron chi connectivity index (χ4n) is 2.80. The highest BCUT2D eigenvalue weighted by Gasteiger charge is 2.28. The van der Waals surface area contributed by atoms with Crippen molar-refractivity contribution in [2.75, 3.05) is 33.3 Å². The molecule has 134 valence electrons. The lowest BCUT2D eigenvalue weighted by molar-refractivity contribution is 0.126. The van der Waals surface area contributed by atoms with E-state index in [1.54, 1.807) is 17.0 Å². The van der Waals surface area contributed by atoms with Crippen molar-refractivity contribution in [1.29, 1.82) is 0 Å². The number of rotatable bonds is 5. The molecule has 1 amide bonds. The molecule has 1 aliphatic rings. The van der Waals surface area contributed by atoms with Crippen LogP contribution in [-0.4, -0.2) is 57.0 Å². The first-order valence-electron chi connectivity index (χ1n) is 8.41. The summed E-state index contributed by atoms with van der Waals surface area (Å²) in [6, 6.07) is 7.15. The van der Waals surface area contributed by atoms with E-state index in [-0.39, 0.29) is 6.54 Å². The molecule has 1 fully saturated rings. The molecule has 24 heavy (non-hydrogen) atoms. The molecule has 1 aliphatic heterocycles. The number of ether oxygens (including phenoxy) is 1. The molecule has 0 bridgehead atoms. The maximum atomic E-state index is 12.8. The van der Waals surface area contributed by atoms with Crippen molar-refractivity contribution >= 4 is 16.1 Å². The van der Waals surface area contributed by atoms with Crippen molar-refractivity contribution in [3.63, 3.8) is 0 Å². The molecule has 0 aliphatic carbocycles. The second-order valence-corrected chi connectivity index (χ2v) is 7.90. The van der Waals surface area contributed by atoms with Crippen LogP contribution in [0.4, 0.5) is 4.79 Å². The number of unbranched alkanes of at least 4 members (excludes halogenated alkanes) is 1. The van der Waals surface area contributed by atoms with Gasteiger partial charge in [-0.3, -0.25) is 0 Å². The van der Waals surface area contributed by atoms with Crippen molar-refractivity contribution < 1.29 is 17.9 Å². The van der Waals surface area contributed by atoms with Gasteiger partial charge < -0.3 is 9.64 Å². The zero-order chi connectivity index (χ0) is 17.6. The first kappa shape index (κ1) is 18.7. The summed E-state index contributed by atoms with van der Waals surface area (Å²) >= 11 is 0. The number of nitrogens with zero attached hydrogens (tertiary/aromatic N) is 2. The minimum Gasteiger partial charge on any atom is -0.453 e. The Morgan fingerprint density at radius 3 is 2.46 bits per heavy atom. The smallest absolute Gasteiger partial charge is 0.409 e. The second-order valence-electron chi connectivity index (χ2n) is 5.96. The quantitative estimate of drug-likeness (QED) is 0.815. The second kappa shape index (κ2) is 8.48. The zero-order valence-electron chi connectivity index (χ0n) is 14.4. The number of hydrogen-bond acceptors (Lipinski definition) is 4. The highest BCUT2D eigenvalue weighted by Crippen LogP contribution is 2.19. The van der Waals surface area contributed by atoms with Gasteiger partial charge in [-0.25, -0.2) is 13.2 Å². The third kappa shape index (κ3) is 4.48. The lowest BCUT2D eigenvalue weighted by Gasteiger charge is -2.21. The fraction of sp³-hybridized carbons (Fsp3) is 0.588. The number of amides is 1. The van der Waals surface area contributed by atoms with Crippen LogP contribution in [0, 0.1) is 0 Å². The van der Waals surface area contributed by atoms with Crippen LogP contribution in [0.5, 0.6) is 0 Å². The summed E-state index contributed by atoms with van der Waals surface area (Å²) < 4.78 is 31.8. The predicted molar refractivity (Wildman–Crippen MR) is 92.4 cm³/mol. The maximum absolute atomic E-state index is 12.8. The summed E-state index contributed by atoms with van der Waals surface area (Å²) in [5, 5.41) is 0. The number of benzene rings is 1. The molecule has 0 unspecified atom stereocenters. The summed E-state index contributed by atoms with van der Waals surface area (Å²) in [6.07, 6.45) is 3.37. The number of hydrogen-bond donors (Lipinski definition) is 0. The summed E-state index contributed by atoms with van der Waals surface area (Å²) in [7, 11) is -2.19. The van der Waals surface area contributed by atoms with Crippen LogP contribution < -0.4 is 0 Å². The SMILES string of the molecule is CCCCc1ccc(S(=O)(=O)N2CCCN(C(=O)OC)CC2)cc1. The molecule has 0 saturated carbocycles. The van der Waals surface area contributed by atoms with E-state index in [4.69, 9.17) is 4.74 Å². The average molecular weight is 354 g/mol. The first-order valence-corrected chi connectivity index (χ1v) is 9.85. The zero-order valence-corrected chi connectivity index (χ0v) is 15.2. The van der Waals surface area contributed by atoms with Crippen molar-refractivity contribution in [2.24, 2.45) is 0 Å². The van der Waals surface area contributed by atoms with Gasteiger partial charge in [0.15, 0.2) is 0 Å². The van der Waals surface area contributed by atoms with E-state index in [1.807, 2.05) is 12.1 Å². The lowest BCUT2D eigenvalue weighted by Crippen LogP contribution is -2.37. The summed E-state index contributed by atoms with van der Waals surface area (Å²) in [5.41, 5.74) is 1.16. The summed E-state index contributed by atoms with van der Waals surface area (Å²) in [5.74, 6) is 0. The molecule has 0 spiro atoms. The molecule has 2 rings (SSSR count). The standard InChI is InChI=1S/C17H26N2O4S/c1-3-4-6-15-7-9-16(10-8-15)24(21,22)19-12-5-11-18(13-14-19)17(20)23-2/h7-10H,3-6,11-14H2,1-2H3. The molecule has 6 nitrogen and oxygen atoms in total. The van der Waals surface area contributed by atoms with Gasteiger partial charge in [-0.1, -0.05) is 25.5 Å². The molecule has 1 saturated heterocycles. The van der Waals surface area contributed by atoms with Gasteiger partial charge in [0.1, 0.15) is 0 Å². The average Bonchev–Trinajstić information content (AvgIpc) is 2.86. The number of sulfonamides is 1. The van der Waals surface area contributed by atoms with E-state index >= 15 is 0 Å². The normalized spacial score (nSPS) is 16.7. The van der Waals surface area contributed by atoms with E-state index < -0.39 is 16.1 Å². The van der Waals surface area contributed by atoms with Crippen molar-refractivity contribution in [3.05, 3.63) is 29.8 Å². The molecule has 0 N–H and O–H groups in total. The topological polar surface area (TPSA) is 66.9 Å². The predicted octanol–water partition coefficient (Wildman–Crippen LogP) is 2.49. The van der Waals surface area contributed by atoms with Gasteiger partial charge in [-0.15, -0.1) is 0 Å². The Hall–Kier alpha value is -1.60. The van der Waals surface area contributed by atoms with Crippen LogP contribution >= 0.6 is 0 Å².